The summed E-state index contributed by atoms with van der Waals surface area (Å²) in [6.07, 6.45) is -0.127. The topological polar surface area (TPSA) is 76.4 Å². The SMILES string of the molecule is N#Cc1cccc(CN2CC[C@@H](NC(=O)O)C2)c1. The number of benzene rings is 1. The highest BCUT2D eigenvalue weighted by molar-refractivity contribution is 5.64. The summed E-state index contributed by atoms with van der Waals surface area (Å²) < 4.78 is 0. The van der Waals surface area contributed by atoms with Gasteiger partial charge in [0.05, 0.1) is 11.6 Å². The molecule has 1 amide bonds. The average molecular weight is 245 g/mol. The van der Waals surface area contributed by atoms with E-state index in [-0.39, 0.29) is 6.04 Å². The molecule has 18 heavy (non-hydrogen) atoms. The summed E-state index contributed by atoms with van der Waals surface area (Å²) in [4.78, 5) is 12.7. The molecule has 5 heteroatoms. The maximum Gasteiger partial charge on any atom is 0.404 e. The van der Waals surface area contributed by atoms with Gasteiger partial charge < -0.3 is 10.4 Å². The number of carbonyl (C=O) groups is 1. The monoisotopic (exact) mass is 245 g/mol. The normalized spacial score (nSPS) is 19.4. The van der Waals surface area contributed by atoms with Crippen LogP contribution in [0.2, 0.25) is 0 Å². The zero-order valence-corrected chi connectivity index (χ0v) is 9.97. The van der Waals surface area contributed by atoms with Gasteiger partial charge in [0.1, 0.15) is 0 Å². The number of nitrogens with zero attached hydrogens (tertiary/aromatic N) is 2. The lowest BCUT2D eigenvalue weighted by Gasteiger charge is -2.16. The van der Waals surface area contributed by atoms with Gasteiger partial charge in [0.2, 0.25) is 0 Å². The van der Waals surface area contributed by atoms with Crippen molar-refractivity contribution >= 4 is 6.09 Å². The van der Waals surface area contributed by atoms with Gasteiger partial charge in [-0.2, -0.15) is 5.26 Å². The maximum absolute atomic E-state index is 10.5. The number of hydrogen-bond donors (Lipinski definition) is 2. The maximum atomic E-state index is 10.5. The third kappa shape index (κ3) is 3.22. The van der Waals surface area contributed by atoms with E-state index in [1.54, 1.807) is 6.07 Å². The van der Waals surface area contributed by atoms with Crippen molar-refractivity contribution in [3.63, 3.8) is 0 Å². The van der Waals surface area contributed by atoms with E-state index < -0.39 is 6.09 Å². The molecule has 94 valence electrons. The Kier molecular flexibility index (Phi) is 3.80. The van der Waals surface area contributed by atoms with Crippen molar-refractivity contribution < 1.29 is 9.90 Å². The molecule has 1 aromatic carbocycles. The molecule has 1 fully saturated rings. The Bertz CT molecular complexity index is 481. The largest absolute Gasteiger partial charge is 0.465 e. The summed E-state index contributed by atoms with van der Waals surface area (Å²) in [5.41, 5.74) is 1.75. The summed E-state index contributed by atoms with van der Waals surface area (Å²) in [7, 11) is 0. The van der Waals surface area contributed by atoms with Crippen LogP contribution in [0.5, 0.6) is 0 Å². The molecule has 0 bridgehead atoms. The molecule has 2 rings (SSSR count). The van der Waals surface area contributed by atoms with E-state index in [1.165, 1.54) is 0 Å². The summed E-state index contributed by atoms with van der Waals surface area (Å²) in [6.45, 7) is 2.36. The highest BCUT2D eigenvalue weighted by Gasteiger charge is 2.23. The van der Waals surface area contributed by atoms with Crippen LogP contribution < -0.4 is 5.32 Å². The number of nitrogens with one attached hydrogen (secondary N) is 1. The second-order valence-corrected chi connectivity index (χ2v) is 4.48. The van der Waals surface area contributed by atoms with Gasteiger partial charge in [-0.15, -0.1) is 0 Å². The zero-order valence-electron chi connectivity index (χ0n) is 9.97. The molecular formula is C13H15N3O2. The minimum Gasteiger partial charge on any atom is -0.465 e. The lowest BCUT2D eigenvalue weighted by molar-refractivity contribution is 0.189. The van der Waals surface area contributed by atoms with Gasteiger partial charge in [0.15, 0.2) is 0 Å². The highest BCUT2D eigenvalue weighted by atomic mass is 16.4. The number of likely N-dealkylation sites (tertiary alicyclic amines) is 1. The first kappa shape index (κ1) is 12.4. The fourth-order valence-corrected chi connectivity index (χ4v) is 2.27. The van der Waals surface area contributed by atoms with Crippen LogP contribution >= 0.6 is 0 Å². The predicted octanol–water partition coefficient (Wildman–Crippen LogP) is 1.40. The van der Waals surface area contributed by atoms with Gasteiger partial charge in [-0.3, -0.25) is 4.90 Å². The molecule has 0 unspecified atom stereocenters. The van der Waals surface area contributed by atoms with E-state index in [2.05, 4.69) is 16.3 Å². The molecule has 0 spiro atoms. The van der Waals surface area contributed by atoms with Crippen molar-refractivity contribution in [3.05, 3.63) is 35.4 Å². The quantitative estimate of drug-likeness (QED) is 0.844. The van der Waals surface area contributed by atoms with Gasteiger partial charge in [-0.1, -0.05) is 12.1 Å². The minimum atomic E-state index is -0.965. The lowest BCUT2D eigenvalue weighted by Crippen LogP contribution is -2.35. The molecule has 1 heterocycles. The van der Waals surface area contributed by atoms with Crippen molar-refractivity contribution in [2.75, 3.05) is 13.1 Å². The first-order chi connectivity index (χ1) is 8.67. The summed E-state index contributed by atoms with van der Waals surface area (Å²) in [6, 6.07) is 9.64. The van der Waals surface area contributed by atoms with Crippen LogP contribution in [0.15, 0.2) is 24.3 Å². The molecule has 1 atom stereocenters. The molecule has 5 nitrogen and oxygen atoms in total. The van der Waals surface area contributed by atoms with E-state index in [0.29, 0.717) is 5.56 Å². The average Bonchev–Trinajstić information content (AvgIpc) is 2.76. The van der Waals surface area contributed by atoms with Crippen LogP contribution in [-0.2, 0) is 6.54 Å². The number of amides is 1. The third-order valence-corrected chi connectivity index (χ3v) is 3.06. The van der Waals surface area contributed by atoms with Gasteiger partial charge in [0.25, 0.3) is 0 Å². The summed E-state index contributed by atoms with van der Waals surface area (Å²) in [5, 5.41) is 20.0. The van der Waals surface area contributed by atoms with Crippen molar-refractivity contribution in [2.24, 2.45) is 0 Å². The fraction of sp³-hybridized carbons (Fsp3) is 0.385. The van der Waals surface area contributed by atoms with Crippen LogP contribution in [0.25, 0.3) is 0 Å². The standard InChI is InChI=1S/C13H15N3O2/c14-7-10-2-1-3-11(6-10)8-16-5-4-12(9-16)15-13(17)18/h1-3,6,12,15H,4-5,8-9H2,(H,17,18)/t12-/m1/s1. The molecular weight excluding hydrogens is 230 g/mol. The van der Waals surface area contributed by atoms with Crippen LogP contribution in [0.1, 0.15) is 17.5 Å². The lowest BCUT2D eigenvalue weighted by atomic mass is 10.1. The number of rotatable bonds is 3. The molecule has 1 aliphatic rings. The van der Waals surface area contributed by atoms with Gasteiger partial charge >= 0.3 is 6.09 Å². The van der Waals surface area contributed by atoms with Gasteiger partial charge in [-0.05, 0) is 24.1 Å². The number of carboxylic acid groups (broad SMARTS) is 1. The zero-order chi connectivity index (χ0) is 13.0. The second-order valence-electron chi connectivity index (χ2n) is 4.48. The Morgan fingerprint density at radius 1 is 1.61 bits per heavy atom. The first-order valence-electron chi connectivity index (χ1n) is 5.88. The van der Waals surface area contributed by atoms with Crippen LogP contribution in [0.3, 0.4) is 0 Å². The molecule has 1 aromatic rings. The molecule has 1 aliphatic heterocycles. The number of hydrogen-bond acceptors (Lipinski definition) is 3. The van der Waals surface area contributed by atoms with E-state index in [4.69, 9.17) is 10.4 Å². The van der Waals surface area contributed by atoms with Gasteiger partial charge in [0, 0.05) is 25.7 Å². The smallest absolute Gasteiger partial charge is 0.404 e. The highest BCUT2D eigenvalue weighted by Crippen LogP contribution is 2.14. The minimum absolute atomic E-state index is 0.0154. The van der Waals surface area contributed by atoms with Crippen LogP contribution in [-0.4, -0.2) is 35.2 Å². The first-order valence-corrected chi connectivity index (χ1v) is 5.88. The Balaban J connectivity index is 1.91. The molecule has 0 radical (unpaired) electrons. The molecule has 2 N–H and O–H groups in total. The van der Waals surface area contributed by atoms with Crippen molar-refractivity contribution in [1.29, 1.82) is 5.26 Å². The Morgan fingerprint density at radius 3 is 3.17 bits per heavy atom. The van der Waals surface area contributed by atoms with E-state index in [1.807, 2.05) is 18.2 Å². The predicted molar refractivity (Wildman–Crippen MR) is 66.0 cm³/mol. The fourth-order valence-electron chi connectivity index (χ4n) is 2.27. The third-order valence-electron chi connectivity index (χ3n) is 3.06. The van der Waals surface area contributed by atoms with E-state index >= 15 is 0 Å². The van der Waals surface area contributed by atoms with E-state index in [9.17, 15) is 4.79 Å². The Morgan fingerprint density at radius 2 is 2.44 bits per heavy atom. The Hall–Kier alpha value is -2.06. The van der Waals surface area contributed by atoms with Crippen molar-refractivity contribution in [2.45, 2.75) is 19.0 Å². The van der Waals surface area contributed by atoms with Crippen LogP contribution in [0, 0.1) is 11.3 Å². The van der Waals surface area contributed by atoms with Crippen molar-refractivity contribution in [1.82, 2.24) is 10.2 Å². The summed E-state index contributed by atoms with van der Waals surface area (Å²) >= 11 is 0. The molecule has 0 aromatic heterocycles. The Labute approximate surface area is 106 Å². The number of nitriles is 1. The second kappa shape index (κ2) is 5.52. The summed E-state index contributed by atoms with van der Waals surface area (Å²) in [5.74, 6) is 0. The van der Waals surface area contributed by atoms with Gasteiger partial charge in [-0.25, -0.2) is 4.79 Å². The molecule has 0 aliphatic carbocycles. The molecule has 0 saturated carbocycles. The van der Waals surface area contributed by atoms with Crippen molar-refractivity contribution in [3.8, 4) is 6.07 Å². The van der Waals surface area contributed by atoms with Crippen LogP contribution in [0.4, 0.5) is 4.79 Å². The molecule has 1 saturated heterocycles. The van der Waals surface area contributed by atoms with E-state index in [0.717, 1.165) is 31.6 Å².